The van der Waals surface area contributed by atoms with Gasteiger partial charge in [-0.1, -0.05) is 6.58 Å². The van der Waals surface area contributed by atoms with Crippen molar-refractivity contribution in [1.82, 2.24) is 5.32 Å². The van der Waals surface area contributed by atoms with Crippen molar-refractivity contribution in [1.29, 1.82) is 0 Å². The Hall–Kier alpha value is -0.830. The van der Waals surface area contributed by atoms with Gasteiger partial charge in [-0.25, -0.2) is 0 Å². The van der Waals surface area contributed by atoms with E-state index >= 15 is 0 Å². The van der Waals surface area contributed by atoms with Crippen LogP contribution in [0.1, 0.15) is 27.2 Å². The fourth-order valence-electron chi connectivity index (χ4n) is 1.22. The number of carbonyl (C=O) groups is 1. The van der Waals surface area contributed by atoms with Crippen LogP contribution in [0.15, 0.2) is 12.2 Å². The van der Waals surface area contributed by atoms with Crippen LogP contribution < -0.4 is 5.32 Å². The number of nitrogens with one attached hydrogen (secondary N) is 1. The molecular formula is C11H19NO2. The molecule has 0 aliphatic carbocycles. The van der Waals surface area contributed by atoms with E-state index in [0.29, 0.717) is 6.54 Å². The molecule has 0 unspecified atom stereocenters. The van der Waals surface area contributed by atoms with Crippen molar-refractivity contribution in [3.8, 4) is 0 Å². The monoisotopic (exact) mass is 197 g/mol. The Bertz CT molecular complexity index is 240. The topological polar surface area (TPSA) is 38.3 Å². The van der Waals surface area contributed by atoms with Crippen molar-refractivity contribution in [3.05, 3.63) is 12.2 Å². The van der Waals surface area contributed by atoms with E-state index in [-0.39, 0.29) is 12.1 Å². The van der Waals surface area contributed by atoms with Crippen LogP contribution in [0.4, 0.5) is 0 Å². The van der Waals surface area contributed by atoms with Gasteiger partial charge in [-0.3, -0.25) is 4.79 Å². The molecule has 1 heterocycles. The molecule has 0 spiro atoms. The summed E-state index contributed by atoms with van der Waals surface area (Å²) >= 11 is 0. The molecule has 1 aliphatic heterocycles. The third kappa shape index (κ3) is 2.84. The Morgan fingerprint density at radius 1 is 1.57 bits per heavy atom. The zero-order chi connectivity index (χ0) is 10.8. The minimum Gasteiger partial charge on any atom is -0.456 e. The summed E-state index contributed by atoms with van der Waals surface area (Å²) in [4.78, 5) is 11.6. The van der Waals surface area contributed by atoms with E-state index in [1.54, 1.807) is 0 Å². The molecule has 3 nitrogen and oxygen atoms in total. The van der Waals surface area contributed by atoms with Crippen molar-refractivity contribution in [2.45, 2.75) is 33.3 Å². The maximum Gasteiger partial charge on any atom is 0.311 e. The van der Waals surface area contributed by atoms with Crippen LogP contribution in [0.2, 0.25) is 0 Å². The summed E-state index contributed by atoms with van der Waals surface area (Å²) in [5, 5.41) is 3.18. The predicted octanol–water partition coefficient (Wildman–Crippen LogP) is 1.49. The van der Waals surface area contributed by atoms with Crippen LogP contribution in [-0.2, 0) is 9.53 Å². The maximum absolute atomic E-state index is 11.6. The molecule has 3 heteroatoms. The molecule has 1 atom stereocenters. The summed E-state index contributed by atoms with van der Waals surface area (Å²) in [5.74, 6) is -0.160. The Kier molecular flexibility index (Phi) is 3.32. The molecule has 1 rings (SSSR count). The van der Waals surface area contributed by atoms with Crippen LogP contribution in [0.25, 0.3) is 0 Å². The molecular weight excluding hydrogens is 178 g/mol. The van der Waals surface area contributed by atoms with Crippen molar-refractivity contribution in [3.63, 3.8) is 0 Å². The summed E-state index contributed by atoms with van der Waals surface area (Å²) in [5.41, 5.74) is 0.582. The Morgan fingerprint density at radius 3 is 2.71 bits per heavy atom. The SMILES string of the molecule is C=C1CCNC[C@H]1OC(=O)C(C)(C)C. The van der Waals surface area contributed by atoms with Gasteiger partial charge in [0.2, 0.25) is 0 Å². The number of rotatable bonds is 1. The van der Waals surface area contributed by atoms with Gasteiger partial charge in [-0.05, 0) is 39.3 Å². The lowest BCUT2D eigenvalue weighted by Crippen LogP contribution is -2.40. The largest absolute Gasteiger partial charge is 0.456 e. The smallest absolute Gasteiger partial charge is 0.311 e. The van der Waals surface area contributed by atoms with Crippen LogP contribution in [0.5, 0.6) is 0 Å². The molecule has 1 fully saturated rings. The van der Waals surface area contributed by atoms with Gasteiger partial charge in [0.1, 0.15) is 6.10 Å². The van der Waals surface area contributed by atoms with Gasteiger partial charge in [-0.2, -0.15) is 0 Å². The first kappa shape index (κ1) is 11.2. The lowest BCUT2D eigenvalue weighted by atomic mass is 9.96. The summed E-state index contributed by atoms with van der Waals surface area (Å²) < 4.78 is 5.37. The normalized spacial score (nSPS) is 23.4. The van der Waals surface area contributed by atoms with Crippen molar-refractivity contribution >= 4 is 5.97 Å². The number of ether oxygens (including phenoxy) is 1. The van der Waals surface area contributed by atoms with Crippen molar-refractivity contribution in [2.24, 2.45) is 5.41 Å². The fourth-order valence-corrected chi connectivity index (χ4v) is 1.22. The Morgan fingerprint density at radius 2 is 2.21 bits per heavy atom. The zero-order valence-corrected chi connectivity index (χ0v) is 9.22. The summed E-state index contributed by atoms with van der Waals surface area (Å²) in [6, 6.07) is 0. The van der Waals surface area contributed by atoms with E-state index in [4.69, 9.17) is 4.74 Å². The van der Waals surface area contributed by atoms with Gasteiger partial charge in [-0.15, -0.1) is 0 Å². The van der Waals surface area contributed by atoms with Gasteiger partial charge < -0.3 is 10.1 Å². The highest BCUT2D eigenvalue weighted by molar-refractivity contribution is 5.75. The molecule has 0 aromatic carbocycles. The average Bonchev–Trinajstić information content (AvgIpc) is 2.07. The number of hydrogen-bond acceptors (Lipinski definition) is 3. The highest BCUT2D eigenvalue weighted by Crippen LogP contribution is 2.20. The molecule has 0 aromatic heterocycles. The third-order valence-electron chi connectivity index (χ3n) is 2.27. The Labute approximate surface area is 85.5 Å². The van der Waals surface area contributed by atoms with E-state index in [1.807, 2.05) is 20.8 Å². The molecule has 0 radical (unpaired) electrons. The number of carbonyl (C=O) groups excluding carboxylic acids is 1. The average molecular weight is 197 g/mol. The zero-order valence-electron chi connectivity index (χ0n) is 9.22. The molecule has 0 aromatic rings. The molecule has 1 aliphatic rings. The predicted molar refractivity (Wildman–Crippen MR) is 56.0 cm³/mol. The van der Waals surface area contributed by atoms with E-state index < -0.39 is 5.41 Å². The Balaban J connectivity index is 2.51. The highest BCUT2D eigenvalue weighted by atomic mass is 16.5. The first-order valence-electron chi connectivity index (χ1n) is 5.01. The number of esters is 1. The van der Waals surface area contributed by atoms with Crippen LogP contribution in [-0.4, -0.2) is 25.2 Å². The molecule has 0 bridgehead atoms. The first-order valence-corrected chi connectivity index (χ1v) is 5.01. The summed E-state index contributed by atoms with van der Waals surface area (Å²) in [6.45, 7) is 11.1. The van der Waals surface area contributed by atoms with E-state index in [0.717, 1.165) is 18.5 Å². The lowest BCUT2D eigenvalue weighted by molar-refractivity contribution is -0.157. The van der Waals surface area contributed by atoms with Gasteiger partial charge >= 0.3 is 5.97 Å². The van der Waals surface area contributed by atoms with Crippen molar-refractivity contribution in [2.75, 3.05) is 13.1 Å². The standard InChI is InChI=1S/C11H19NO2/c1-8-5-6-12-7-9(8)14-10(13)11(2,3)4/h9,12H,1,5-7H2,2-4H3/t9-/m1/s1. The number of piperidine rings is 1. The summed E-state index contributed by atoms with van der Waals surface area (Å²) in [6.07, 6.45) is 0.748. The van der Waals surface area contributed by atoms with Crippen LogP contribution in [0.3, 0.4) is 0 Å². The molecule has 0 saturated carbocycles. The van der Waals surface area contributed by atoms with Crippen molar-refractivity contribution < 1.29 is 9.53 Å². The minimum absolute atomic E-state index is 0.143. The van der Waals surface area contributed by atoms with Gasteiger partial charge in [0.05, 0.1) is 5.41 Å². The second-order valence-electron chi connectivity index (χ2n) is 4.76. The second-order valence-corrected chi connectivity index (χ2v) is 4.76. The van der Waals surface area contributed by atoms with Crippen LogP contribution >= 0.6 is 0 Å². The van der Waals surface area contributed by atoms with E-state index in [2.05, 4.69) is 11.9 Å². The number of hydrogen-bond donors (Lipinski definition) is 1. The van der Waals surface area contributed by atoms with E-state index in [1.165, 1.54) is 0 Å². The fraction of sp³-hybridized carbons (Fsp3) is 0.727. The van der Waals surface area contributed by atoms with Gasteiger partial charge in [0.25, 0.3) is 0 Å². The molecule has 80 valence electrons. The highest BCUT2D eigenvalue weighted by Gasteiger charge is 2.28. The third-order valence-corrected chi connectivity index (χ3v) is 2.27. The minimum atomic E-state index is -0.433. The molecule has 14 heavy (non-hydrogen) atoms. The second kappa shape index (κ2) is 4.13. The lowest BCUT2D eigenvalue weighted by Gasteiger charge is -2.28. The van der Waals surface area contributed by atoms with E-state index in [9.17, 15) is 4.79 Å². The molecule has 1 N–H and O–H groups in total. The van der Waals surface area contributed by atoms with Gasteiger partial charge in [0.15, 0.2) is 0 Å². The molecule has 0 amide bonds. The molecule has 1 saturated heterocycles. The maximum atomic E-state index is 11.6. The van der Waals surface area contributed by atoms with Crippen LogP contribution in [0, 0.1) is 5.41 Å². The van der Waals surface area contributed by atoms with Gasteiger partial charge in [0, 0.05) is 6.54 Å². The first-order chi connectivity index (χ1) is 6.41. The summed E-state index contributed by atoms with van der Waals surface area (Å²) in [7, 11) is 0. The quantitative estimate of drug-likeness (QED) is 0.511.